The van der Waals surface area contributed by atoms with Gasteiger partial charge in [-0.1, -0.05) is 57.7 Å². The van der Waals surface area contributed by atoms with E-state index in [9.17, 15) is 8.78 Å². The van der Waals surface area contributed by atoms with E-state index in [1.54, 1.807) is 12.1 Å². The van der Waals surface area contributed by atoms with Gasteiger partial charge in [0.15, 0.2) is 0 Å². The molecule has 1 aliphatic carbocycles. The molecule has 0 aromatic heterocycles. The third-order valence-corrected chi connectivity index (χ3v) is 6.18. The molecule has 0 spiro atoms. The highest BCUT2D eigenvalue weighted by molar-refractivity contribution is 5.38. The quantitative estimate of drug-likeness (QED) is 0.388. The minimum Gasteiger partial charge on any atom is -0.207 e. The maximum atomic E-state index is 14.8. The molecule has 0 amide bonds. The van der Waals surface area contributed by atoms with Crippen molar-refractivity contribution in [3.05, 3.63) is 69.8 Å². The van der Waals surface area contributed by atoms with Crippen molar-refractivity contribution in [3.8, 4) is 0 Å². The van der Waals surface area contributed by atoms with Crippen LogP contribution in [-0.4, -0.2) is 0 Å². The van der Waals surface area contributed by atoms with Crippen LogP contribution >= 0.6 is 0 Å². The summed E-state index contributed by atoms with van der Waals surface area (Å²) >= 11 is 0. The summed E-state index contributed by atoms with van der Waals surface area (Å²) in [6.07, 6.45) is 11.3. The molecule has 3 rings (SSSR count). The second-order valence-corrected chi connectivity index (χ2v) is 8.43. The molecule has 1 atom stereocenters. The number of benzene rings is 2. The molecule has 0 heterocycles. The monoisotopic (exact) mass is 384 g/mol. The van der Waals surface area contributed by atoms with Crippen molar-refractivity contribution in [2.24, 2.45) is 0 Å². The SMILES string of the molecule is CCCCCc1cc(F)c(C2CCc3cc(CCCCC)ccc3C2)c(F)c1. The molecule has 0 radical (unpaired) electrons. The van der Waals surface area contributed by atoms with Gasteiger partial charge in [0.2, 0.25) is 0 Å². The molecule has 0 saturated heterocycles. The zero-order chi connectivity index (χ0) is 19.9. The van der Waals surface area contributed by atoms with E-state index in [1.165, 1.54) is 36.0 Å². The number of rotatable bonds is 9. The number of hydrogen-bond donors (Lipinski definition) is 0. The topological polar surface area (TPSA) is 0 Å². The van der Waals surface area contributed by atoms with Gasteiger partial charge < -0.3 is 0 Å². The zero-order valence-electron chi connectivity index (χ0n) is 17.5. The van der Waals surface area contributed by atoms with Gasteiger partial charge in [-0.2, -0.15) is 0 Å². The maximum absolute atomic E-state index is 14.8. The number of aryl methyl sites for hydroxylation is 3. The van der Waals surface area contributed by atoms with Gasteiger partial charge in [-0.3, -0.25) is 0 Å². The lowest BCUT2D eigenvalue weighted by Gasteiger charge is -2.26. The standard InChI is InChI=1S/C26H34F2/c1-3-5-7-9-19-11-12-22-18-23(14-13-21(22)15-19)26-24(27)16-20(17-25(26)28)10-8-6-4-2/h11-12,15-17,23H,3-10,13-14,18H2,1-2H3. The molecule has 1 unspecified atom stereocenters. The molecule has 28 heavy (non-hydrogen) atoms. The molecule has 0 saturated carbocycles. The van der Waals surface area contributed by atoms with Crippen molar-refractivity contribution >= 4 is 0 Å². The Morgan fingerprint density at radius 3 is 2.07 bits per heavy atom. The fourth-order valence-electron chi connectivity index (χ4n) is 4.54. The highest BCUT2D eigenvalue weighted by atomic mass is 19.1. The van der Waals surface area contributed by atoms with Crippen LogP contribution in [0.4, 0.5) is 8.78 Å². The van der Waals surface area contributed by atoms with Gasteiger partial charge in [0, 0.05) is 5.56 Å². The Labute approximate surface area is 169 Å². The second kappa shape index (κ2) is 10.2. The number of unbranched alkanes of at least 4 members (excludes halogenated alkanes) is 4. The number of halogens is 2. The van der Waals surface area contributed by atoms with Crippen molar-refractivity contribution < 1.29 is 8.78 Å². The van der Waals surface area contributed by atoms with Crippen LogP contribution in [0, 0.1) is 11.6 Å². The summed E-state index contributed by atoms with van der Waals surface area (Å²) in [5.41, 5.74) is 5.14. The summed E-state index contributed by atoms with van der Waals surface area (Å²) in [5, 5.41) is 0. The molecule has 2 aromatic carbocycles. The number of fused-ring (bicyclic) bond motifs is 1. The van der Waals surface area contributed by atoms with Crippen LogP contribution in [0.1, 0.15) is 92.5 Å². The van der Waals surface area contributed by atoms with E-state index in [4.69, 9.17) is 0 Å². The van der Waals surface area contributed by atoms with E-state index < -0.39 is 0 Å². The molecule has 0 fully saturated rings. The first kappa shape index (κ1) is 21.0. The van der Waals surface area contributed by atoms with Crippen molar-refractivity contribution in [1.82, 2.24) is 0 Å². The van der Waals surface area contributed by atoms with E-state index in [1.807, 2.05) is 0 Å². The van der Waals surface area contributed by atoms with Crippen LogP contribution in [0.25, 0.3) is 0 Å². The van der Waals surface area contributed by atoms with Crippen molar-refractivity contribution in [3.63, 3.8) is 0 Å². The average Bonchev–Trinajstić information content (AvgIpc) is 2.68. The first-order chi connectivity index (χ1) is 13.6. The highest BCUT2D eigenvalue weighted by Crippen LogP contribution is 2.36. The van der Waals surface area contributed by atoms with Gasteiger partial charge >= 0.3 is 0 Å². The first-order valence-electron chi connectivity index (χ1n) is 11.2. The number of hydrogen-bond acceptors (Lipinski definition) is 0. The molecule has 2 heteroatoms. The van der Waals surface area contributed by atoms with E-state index in [0.717, 1.165) is 56.9 Å². The minimum absolute atomic E-state index is 0.0527. The lowest BCUT2D eigenvalue weighted by atomic mass is 9.79. The molecule has 2 aromatic rings. The van der Waals surface area contributed by atoms with Gasteiger partial charge in [0.05, 0.1) is 0 Å². The Bertz CT molecular complexity index is 755. The van der Waals surface area contributed by atoms with Gasteiger partial charge in [0.1, 0.15) is 11.6 Å². The molecule has 0 nitrogen and oxygen atoms in total. The van der Waals surface area contributed by atoms with Crippen molar-refractivity contribution in [2.45, 2.75) is 90.4 Å². The normalized spacial score (nSPS) is 16.2. The largest absolute Gasteiger partial charge is 0.207 e. The van der Waals surface area contributed by atoms with Crippen molar-refractivity contribution in [2.75, 3.05) is 0 Å². The summed E-state index contributed by atoms with van der Waals surface area (Å²) in [5.74, 6) is -0.754. The molecule has 0 aliphatic heterocycles. The smallest absolute Gasteiger partial charge is 0.129 e. The summed E-state index contributed by atoms with van der Waals surface area (Å²) in [6.45, 7) is 4.36. The van der Waals surface area contributed by atoms with E-state index in [2.05, 4.69) is 32.0 Å². The molecule has 0 bridgehead atoms. The lowest BCUT2D eigenvalue weighted by Crippen LogP contribution is -2.16. The third-order valence-electron chi connectivity index (χ3n) is 6.18. The fourth-order valence-corrected chi connectivity index (χ4v) is 4.54. The van der Waals surface area contributed by atoms with E-state index in [0.29, 0.717) is 5.56 Å². The summed E-state index contributed by atoms with van der Waals surface area (Å²) < 4.78 is 29.6. The van der Waals surface area contributed by atoms with E-state index in [-0.39, 0.29) is 17.6 Å². The molecule has 1 aliphatic rings. The van der Waals surface area contributed by atoms with Crippen LogP contribution in [0.2, 0.25) is 0 Å². The zero-order valence-corrected chi connectivity index (χ0v) is 17.5. The Hall–Kier alpha value is -1.70. The Balaban J connectivity index is 1.71. The van der Waals surface area contributed by atoms with Crippen molar-refractivity contribution in [1.29, 1.82) is 0 Å². The van der Waals surface area contributed by atoms with Crippen LogP contribution < -0.4 is 0 Å². The minimum atomic E-state index is -0.351. The summed E-state index contributed by atoms with van der Waals surface area (Å²) in [7, 11) is 0. The van der Waals surface area contributed by atoms with Gasteiger partial charge in [-0.05, 0) is 85.3 Å². The molecular weight excluding hydrogens is 350 g/mol. The lowest BCUT2D eigenvalue weighted by molar-refractivity contribution is 0.489. The van der Waals surface area contributed by atoms with Gasteiger partial charge in [-0.15, -0.1) is 0 Å². The van der Waals surface area contributed by atoms with Crippen LogP contribution in [0.5, 0.6) is 0 Å². The average molecular weight is 385 g/mol. The van der Waals surface area contributed by atoms with Crippen LogP contribution in [0.3, 0.4) is 0 Å². The summed E-state index contributed by atoms with van der Waals surface area (Å²) in [6, 6.07) is 9.86. The first-order valence-corrected chi connectivity index (χ1v) is 11.2. The van der Waals surface area contributed by atoms with Gasteiger partial charge in [0.25, 0.3) is 0 Å². The van der Waals surface area contributed by atoms with Crippen LogP contribution in [-0.2, 0) is 25.7 Å². The predicted octanol–water partition coefficient (Wildman–Crippen LogP) is 7.70. The van der Waals surface area contributed by atoms with E-state index >= 15 is 0 Å². The highest BCUT2D eigenvalue weighted by Gasteiger charge is 2.26. The molecule has 0 N–H and O–H groups in total. The van der Waals surface area contributed by atoms with Gasteiger partial charge in [-0.25, -0.2) is 8.78 Å². The molecule has 152 valence electrons. The maximum Gasteiger partial charge on any atom is 0.129 e. The van der Waals surface area contributed by atoms with Crippen LogP contribution in [0.15, 0.2) is 30.3 Å². The Kier molecular flexibility index (Phi) is 7.65. The summed E-state index contributed by atoms with van der Waals surface area (Å²) in [4.78, 5) is 0. The fraction of sp³-hybridized carbons (Fsp3) is 0.538. The Morgan fingerprint density at radius 1 is 0.786 bits per heavy atom. The predicted molar refractivity (Wildman–Crippen MR) is 114 cm³/mol. The Morgan fingerprint density at radius 2 is 1.43 bits per heavy atom. The second-order valence-electron chi connectivity index (χ2n) is 8.43. The third kappa shape index (κ3) is 5.21. The molecular formula is C26H34F2.